The van der Waals surface area contributed by atoms with Crippen LogP contribution in [-0.2, 0) is 0 Å². The van der Waals surface area contributed by atoms with Gasteiger partial charge in [0, 0.05) is 0 Å². The van der Waals surface area contributed by atoms with Crippen LogP contribution in [0.4, 0.5) is 0 Å². The van der Waals surface area contributed by atoms with Gasteiger partial charge >= 0.3 is 0 Å². The summed E-state index contributed by atoms with van der Waals surface area (Å²) in [7, 11) is 4.92. The minimum absolute atomic E-state index is 0.742. The second kappa shape index (κ2) is 4.39. The summed E-state index contributed by atoms with van der Waals surface area (Å²) in [5.74, 6) is 0. The molecule has 0 saturated heterocycles. The third-order valence-corrected chi connectivity index (χ3v) is 2.72. The van der Waals surface area contributed by atoms with Crippen molar-refractivity contribution in [1.29, 1.82) is 0 Å². The van der Waals surface area contributed by atoms with Gasteiger partial charge in [0.15, 0.2) is 9.68 Å². The summed E-state index contributed by atoms with van der Waals surface area (Å²) >= 11 is 0. The molecule has 2 heteroatoms. The molecule has 13 heavy (non-hydrogen) atoms. The lowest BCUT2D eigenvalue weighted by atomic mass is 10.1. The Labute approximate surface area is 83.0 Å². The largest absolute Gasteiger partial charge is 0.327 e. The zero-order chi connectivity index (χ0) is 9.84. The number of benzene rings is 1. The number of rotatable bonds is 3. The molecule has 0 aliphatic rings. The highest BCUT2D eigenvalue weighted by Crippen LogP contribution is 2.08. The van der Waals surface area contributed by atoms with Gasteiger partial charge in [0.2, 0.25) is 0 Å². The maximum Gasteiger partial charge on any atom is 0.182 e. The van der Waals surface area contributed by atoms with Gasteiger partial charge in [0.05, 0.1) is 0 Å². The molecule has 0 N–H and O–H groups in total. The van der Waals surface area contributed by atoms with Crippen LogP contribution in [0.1, 0.15) is 12.5 Å². The molecular formula is C11H15NSi. The van der Waals surface area contributed by atoms with Gasteiger partial charge in [-0.15, -0.1) is 0 Å². The Hall–Kier alpha value is -0.863. The minimum atomic E-state index is 0.742. The number of hydrogen-bond acceptors (Lipinski definition) is 1. The quantitative estimate of drug-likeness (QED) is 0.652. The van der Waals surface area contributed by atoms with Crippen LogP contribution in [0.2, 0.25) is 0 Å². The molecule has 1 rings (SSSR count). The summed E-state index contributed by atoms with van der Waals surface area (Å²) in [5.41, 5.74) is 2.37. The third kappa shape index (κ3) is 3.17. The van der Waals surface area contributed by atoms with Crippen molar-refractivity contribution in [3.8, 4) is 0 Å². The Balaban J connectivity index is 2.85. The Morgan fingerprint density at radius 1 is 1.38 bits per heavy atom. The Morgan fingerprint density at radius 3 is 2.62 bits per heavy atom. The lowest BCUT2D eigenvalue weighted by Gasteiger charge is -2.08. The zero-order valence-electron chi connectivity index (χ0n) is 8.46. The van der Waals surface area contributed by atoms with Gasteiger partial charge < -0.3 is 4.57 Å². The lowest BCUT2D eigenvalue weighted by molar-refractivity contribution is 0.669. The van der Waals surface area contributed by atoms with E-state index in [-0.39, 0.29) is 0 Å². The molecule has 0 aliphatic carbocycles. The number of allylic oxidation sites excluding steroid dienone is 1. The summed E-state index contributed by atoms with van der Waals surface area (Å²) in [6.45, 7) is 5.97. The highest BCUT2D eigenvalue weighted by Gasteiger charge is 1.99. The van der Waals surface area contributed by atoms with E-state index in [0.29, 0.717) is 0 Å². The van der Waals surface area contributed by atoms with Crippen LogP contribution in [0.25, 0.3) is 5.57 Å². The van der Waals surface area contributed by atoms with Crippen molar-refractivity contribution in [3.63, 3.8) is 0 Å². The third-order valence-electron chi connectivity index (χ3n) is 1.71. The van der Waals surface area contributed by atoms with E-state index in [2.05, 4.69) is 49.5 Å². The molecule has 0 unspecified atom stereocenters. The molecule has 0 aliphatic heterocycles. The fraction of sp³-hybridized carbons (Fsp3) is 0.273. The van der Waals surface area contributed by atoms with E-state index in [4.69, 9.17) is 0 Å². The molecule has 2 radical (unpaired) electrons. The van der Waals surface area contributed by atoms with Crippen molar-refractivity contribution in [2.24, 2.45) is 0 Å². The van der Waals surface area contributed by atoms with Gasteiger partial charge in [0.1, 0.15) is 0 Å². The molecule has 0 heterocycles. The predicted molar refractivity (Wildman–Crippen MR) is 60.2 cm³/mol. The van der Waals surface area contributed by atoms with E-state index in [1.165, 1.54) is 10.8 Å². The fourth-order valence-electron chi connectivity index (χ4n) is 1.11. The number of hydrogen-bond donors (Lipinski definition) is 0. The van der Waals surface area contributed by atoms with Crippen LogP contribution in [0.15, 0.2) is 30.8 Å². The Bertz CT molecular complexity index is 305. The fourth-order valence-corrected chi connectivity index (χ4v) is 2.02. The van der Waals surface area contributed by atoms with Crippen molar-refractivity contribution in [2.75, 3.05) is 14.1 Å². The smallest absolute Gasteiger partial charge is 0.182 e. The van der Waals surface area contributed by atoms with Gasteiger partial charge in [-0.3, -0.25) is 0 Å². The van der Waals surface area contributed by atoms with Crippen LogP contribution >= 0.6 is 0 Å². The molecule has 1 nitrogen and oxygen atoms in total. The molecule has 0 spiro atoms. The molecule has 0 saturated carbocycles. The summed E-state index contributed by atoms with van der Waals surface area (Å²) < 4.78 is 2.19. The molecule has 68 valence electrons. The van der Waals surface area contributed by atoms with Gasteiger partial charge in [-0.2, -0.15) is 0 Å². The first-order valence-electron chi connectivity index (χ1n) is 4.29. The molecule has 0 fully saturated rings. The lowest BCUT2D eigenvalue weighted by Crippen LogP contribution is -2.29. The van der Waals surface area contributed by atoms with Crippen LogP contribution in [0, 0.1) is 0 Å². The molecule has 1 aromatic carbocycles. The molecule has 0 aromatic heterocycles. The second-order valence-electron chi connectivity index (χ2n) is 3.37. The summed E-state index contributed by atoms with van der Waals surface area (Å²) in [4.78, 5) is 0. The van der Waals surface area contributed by atoms with Crippen molar-refractivity contribution < 1.29 is 0 Å². The van der Waals surface area contributed by atoms with E-state index in [1.54, 1.807) is 0 Å². The Kier molecular flexibility index (Phi) is 3.45. The molecule has 0 amide bonds. The van der Waals surface area contributed by atoms with Crippen LogP contribution in [0.5, 0.6) is 0 Å². The molecule has 0 atom stereocenters. The van der Waals surface area contributed by atoms with E-state index in [9.17, 15) is 0 Å². The molecule has 1 aromatic rings. The van der Waals surface area contributed by atoms with Crippen LogP contribution in [-0.4, -0.2) is 28.3 Å². The van der Waals surface area contributed by atoms with Crippen molar-refractivity contribution >= 4 is 20.4 Å². The average Bonchev–Trinajstić information content (AvgIpc) is 2.03. The van der Waals surface area contributed by atoms with Crippen molar-refractivity contribution in [2.45, 2.75) is 6.92 Å². The standard InChI is InChI=1S/C11H15NSi/c1-9(2)10-6-5-7-11(8-10)13-12(3)4/h5-8H,1H2,2-4H3. The van der Waals surface area contributed by atoms with E-state index in [1.807, 2.05) is 6.92 Å². The maximum atomic E-state index is 3.94. The summed E-state index contributed by atoms with van der Waals surface area (Å²) in [5, 5.41) is 1.37. The van der Waals surface area contributed by atoms with Crippen LogP contribution in [0.3, 0.4) is 0 Å². The van der Waals surface area contributed by atoms with Crippen molar-refractivity contribution in [1.82, 2.24) is 4.57 Å². The Morgan fingerprint density at radius 2 is 2.08 bits per heavy atom. The van der Waals surface area contributed by atoms with Gasteiger partial charge in [-0.05, 0) is 31.8 Å². The van der Waals surface area contributed by atoms with Gasteiger partial charge in [0.25, 0.3) is 0 Å². The normalized spacial score (nSPS) is 10.5. The minimum Gasteiger partial charge on any atom is -0.327 e. The van der Waals surface area contributed by atoms with E-state index < -0.39 is 0 Å². The predicted octanol–water partition coefficient (Wildman–Crippen LogP) is 1.53. The van der Waals surface area contributed by atoms with E-state index in [0.717, 1.165) is 15.3 Å². The molecule has 0 bridgehead atoms. The second-order valence-corrected chi connectivity index (χ2v) is 5.06. The van der Waals surface area contributed by atoms with Gasteiger partial charge in [-0.1, -0.05) is 36.4 Å². The first-order valence-corrected chi connectivity index (χ1v) is 5.24. The first kappa shape index (κ1) is 10.2. The van der Waals surface area contributed by atoms with Crippen molar-refractivity contribution in [3.05, 3.63) is 36.4 Å². The summed E-state index contributed by atoms with van der Waals surface area (Å²) in [6.07, 6.45) is 0. The van der Waals surface area contributed by atoms with Gasteiger partial charge in [-0.25, -0.2) is 0 Å². The monoisotopic (exact) mass is 189 g/mol. The zero-order valence-corrected chi connectivity index (χ0v) is 9.46. The highest BCUT2D eigenvalue weighted by molar-refractivity contribution is 6.50. The molecular weight excluding hydrogens is 174 g/mol. The highest BCUT2D eigenvalue weighted by atomic mass is 28.2. The van der Waals surface area contributed by atoms with E-state index >= 15 is 0 Å². The first-order chi connectivity index (χ1) is 6.09. The SMILES string of the molecule is C=C(C)c1cccc([Si]N(C)C)c1. The van der Waals surface area contributed by atoms with Crippen LogP contribution < -0.4 is 5.19 Å². The number of nitrogens with zero attached hydrogens (tertiary/aromatic N) is 1. The average molecular weight is 189 g/mol. The maximum absolute atomic E-state index is 3.94. The topological polar surface area (TPSA) is 3.24 Å². The summed E-state index contributed by atoms with van der Waals surface area (Å²) in [6, 6.07) is 8.56.